The summed E-state index contributed by atoms with van der Waals surface area (Å²) in [5.41, 5.74) is 1.61. The molecule has 0 bridgehead atoms. The van der Waals surface area contributed by atoms with Gasteiger partial charge in [-0.25, -0.2) is 4.79 Å². The van der Waals surface area contributed by atoms with Gasteiger partial charge in [0.2, 0.25) is 12.0 Å². The number of nitrogens with zero attached hydrogens (tertiary/aromatic N) is 1. The van der Waals surface area contributed by atoms with E-state index in [1.54, 1.807) is 18.2 Å². The third-order valence-corrected chi connectivity index (χ3v) is 2.67. The lowest BCUT2D eigenvalue weighted by molar-refractivity contribution is -0.119. The van der Waals surface area contributed by atoms with Gasteiger partial charge < -0.3 is 5.32 Å². The Balaban J connectivity index is 2.59. The van der Waals surface area contributed by atoms with Crippen LogP contribution in [0.4, 0.5) is 11.4 Å². The number of anilines is 1. The van der Waals surface area contributed by atoms with E-state index in [-0.39, 0.29) is 5.91 Å². The Bertz CT molecular complexity index is 485. The van der Waals surface area contributed by atoms with Gasteiger partial charge in [-0.3, -0.25) is 4.79 Å². The van der Waals surface area contributed by atoms with E-state index >= 15 is 0 Å². The Morgan fingerprint density at radius 2 is 2.13 bits per heavy atom. The summed E-state index contributed by atoms with van der Waals surface area (Å²) in [5.74, 6) is -0.0373. The van der Waals surface area contributed by atoms with Gasteiger partial charge in [-0.15, -0.1) is 0 Å². The van der Waals surface area contributed by atoms with Gasteiger partial charge in [0, 0.05) is 5.69 Å². The second kappa shape index (κ2) is 3.04. The van der Waals surface area contributed by atoms with Gasteiger partial charge >= 0.3 is 0 Å². The number of nitrogens with one attached hydrogen (secondary N) is 1. The first-order valence-corrected chi connectivity index (χ1v) is 4.59. The van der Waals surface area contributed by atoms with E-state index in [0.29, 0.717) is 5.69 Å². The maximum atomic E-state index is 11.6. The number of benzene rings is 1. The summed E-state index contributed by atoms with van der Waals surface area (Å²) >= 11 is 0. The van der Waals surface area contributed by atoms with E-state index in [1.807, 2.05) is 13.8 Å². The molecule has 0 saturated carbocycles. The molecule has 0 aliphatic carbocycles. The van der Waals surface area contributed by atoms with Crippen molar-refractivity contribution in [2.75, 3.05) is 5.32 Å². The van der Waals surface area contributed by atoms with Crippen LogP contribution in [-0.2, 0) is 15.0 Å². The minimum absolute atomic E-state index is 0.0373. The number of rotatable bonds is 1. The molecule has 0 saturated heterocycles. The molecule has 1 heterocycles. The normalized spacial score (nSPS) is 16.5. The maximum absolute atomic E-state index is 11.6. The third-order valence-electron chi connectivity index (χ3n) is 2.67. The van der Waals surface area contributed by atoms with Crippen LogP contribution in [0.25, 0.3) is 0 Å². The molecule has 0 aromatic heterocycles. The van der Waals surface area contributed by atoms with Crippen molar-refractivity contribution in [3.63, 3.8) is 0 Å². The Morgan fingerprint density at radius 3 is 2.80 bits per heavy atom. The third kappa shape index (κ3) is 1.35. The average molecular weight is 202 g/mol. The van der Waals surface area contributed by atoms with Crippen molar-refractivity contribution >= 4 is 23.4 Å². The number of carbonyl (C=O) groups is 1. The molecule has 2 rings (SSSR count). The molecule has 1 amide bonds. The molecule has 0 atom stereocenters. The molecule has 4 nitrogen and oxygen atoms in total. The molecule has 4 heteroatoms. The van der Waals surface area contributed by atoms with E-state index in [4.69, 9.17) is 0 Å². The van der Waals surface area contributed by atoms with Crippen LogP contribution >= 0.6 is 0 Å². The first kappa shape index (κ1) is 9.62. The Hall–Kier alpha value is -1.93. The van der Waals surface area contributed by atoms with Crippen LogP contribution in [-0.4, -0.2) is 12.0 Å². The maximum Gasteiger partial charge on any atom is 0.240 e. The molecule has 76 valence electrons. The second-order valence-electron chi connectivity index (χ2n) is 4.01. The van der Waals surface area contributed by atoms with Gasteiger partial charge in [0.1, 0.15) is 0 Å². The number of isocyanates is 1. The van der Waals surface area contributed by atoms with Crippen LogP contribution in [0.2, 0.25) is 0 Å². The highest BCUT2D eigenvalue weighted by atomic mass is 16.2. The molecule has 0 unspecified atom stereocenters. The zero-order valence-corrected chi connectivity index (χ0v) is 8.50. The van der Waals surface area contributed by atoms with Gasteiger partial charge in [-0.1, -0.05) is 0 Å². The number of hydrogen-bond acceptors (Lipinski definition) is 3. The minimum atomic E-state index is -0.566. The van der Waals surface area contributed by atoms with Crippen LogP contribution in [0.15, 0.2) is 23.2 Å². The topological polar surface area (TPSA) is 58.5 Å². The summed E-state index contributed by atoms with van der Waals surface area (Å²) in [6.07, 6.45) is 1.48. The number of hydrogen-bond donors (Lipinski definition) is 1. The summed E-state index contributed by atoms with van der Waals surface area (Å²) in [4.78, 5) is 25.3. The molecular formula is C11H10N2O2. The molecule has 1 aromatic rings. The van der Waals surface area contributed by atoms with Crippen LogP contribution in [0.5, 0.6) is 0 Å². The molecule has 0 radical (unpaired) electrons. The highest BCUT2D eigenvalue weighted by Crippen LogP contribution is 2.39. The summed E-state index contributed by atoms with van der Waals surface area (Å²) in [6, 6.07) is 5.15. The fourth-order valence-electron chi connectivity index (χ4n) is 1.68. The SMILES string of the molecule is CC1(C)C(=O)Nc2ccc(N=C=O)cc21. The number of amides is 1. The molecule has 15 heavy (non-hydrogen) atoms. The lowest BCUT2D eigenvalue weighted by Crippen LogP contribution is -2.26. The first-order valence-electron chi connectivity index (χ1n) is 4.59. The molecule has 0 fully saturated rings. The number of fused-ring (bicyclic) bond motifs is 1. The predicted octanol–water partition coefficient (Wildman–Crippen LogP) is 1.88. The monoisotopic (exact) mass is 202 g/mol. The molecule has 1 aromatic carbocycles. The molecule has 0 spiro atoms. The van der Waals surface area contributed by atoms with Gasteiger partial charge in [0.25, 0.3) is 0 Å². The smallest absolute Gasteiger partial charge is 0.240 e. The van der Waals surface area contributed by atoms with Crippen molar-refractivity contribution in [3.05, 3.63) is 23.8 Å². The Kier molecular flexibility index (Phi) is 1.95. The van der Waals surface area contributed by atoms with Crippen molar-refractivity contribution < 1.29 is 9.59 Å². The summed E-state index contributed by atoms with van der Waals surface area (Å²) < 4.78 is 0. The quantitative estimate of drug-likeness (QED) is 0.558. The van der Waals surface area contributed by atoms with Gasteiger partial charge in [0.15, 0.2) is 0 Å². The Labute approximate surface area is 87.0 Å². The van der Waals surface area contributed by atoms with E-state index in [2.05, 4.69) is 10.3 Å². The van der Waals surface area contributed by atoms with Crippen LogP contribution in [0.3, 0.4) is 0 Å². The highest BCUT2D eigenvalue weighted by molar-refractivity contribution is 6.05. The van der Waals surface area contributed by atoms with E-state index in [9.17, 15) is 9.59 Å². The van der Waals surface area contributed by atoms with Crippen molar-refractivity contribution in [3.8, 4) is 0 Å². The molecule has 1 aliphatic heterocycles. The Morgan fingerprint density at radius 1 is 1.40 bits per heavy atom. The molecular weight excluding hydrogens is 192 g/mol. The molecule has 1 aliphatic rings. The second-order valence-corrected chi connectivity index (χ2v) is 4.01. The van der Waals surface area contributed by atoms with Crippen LogP contribution in [0, 0.1) is 0 Å². The highest BCUT2D eigenvalue weighted by Gasteiger charge is 2.38. The van der Waals surface area contributed by atoms with Crippen molar-refractivity contribution in [1.29, 1.82) is 0 Å². The van der Waals surface area contributed by atoms with Gasteiger partial charge in [-0.05, 0) is 37.6 Å². The lowest BCUT2D eigenvalue weighted by Gasteiger charge is -2.14. The van der Waals surface area contributed by atoms with Crippen molar-refractivity contribution in [1.82, 2.24) is 0 Å². The predicted molar refractivity (Wildman–Crippen MR) is 55.9 cm³/mol. The minimum Gasteiger partial charge on any atom is -0.325 e. The van der Waals surface area contributed by atoms with Gasteiger partial charge in [-0.2, -0.15) is 4.99 Å². The molecule has 1 N–H and O–H groups in total. The largest absolute Gasteiger partial charge is 0.325 e. The summed E-state index contributed by atoms with van der Waals surface area (Å²) in [5, 5.41) is 2.78. The van der Waals surface area contributed by atoms with E-state index in [0.717, 1.165) is 11.3 Å². The standard InChI is InChI=1S/C11H10N2O2/c1-11(2)8-5-7(12-6-14)3-4-9(8)13-10(11)15/h3-5H,1-2H3,(H,13,15). The fraction of sp³-hybridized carbons (Fsp3) is 0.273. The lowest BCUT2D eigenvalue weighted by atomic mass is 9.86. The zero-order chi connectivity index (χ0) is 11.1. The number of aliphatic imine (C=N–C) groups is 1. The van der Waals surface area contributed by atoms with Crippen LogP contribution in [0.1, 0.15) is 19.4 Å². The summed E-state index contributed by atoms with van der Waals surface area (Å²) in [7, 11) is 0. The first-order chi connectivity index (χ1) is 7.05. The summed E-state index contributed by atoms with van der Waals surface area (Å²) in [6.45, 7) is 3.67. The van der Waals surface area contributed by atoms with Crippen molar-refractivity contribution in [2.45, 2.75) is 19.3 Å². The van der Waals surface area contributed by atoms with Gasteiger partial charge in [0.05, 0.1) is 11.1 Å². The van der Waals surface area contributed by atoms with E-state index in [1.165, 1.54) is 6.08 Å². The van der Waals surface area contributed by atoms with Crippen molar-refractivity contribution in [2.24, 2.45) is 4.99 Å². The fourth-order valence-corrected chi connectivity index (χ4v) is 1.68. The average Bonchev–Trinajstić information content (AvgIpc) is 2.40. The van der Waals surface area contributed by atoms with E-state index < -0.39 is 5.41 Å². The number of carbonyl (C=O) groups excluding carboxylic acids is 2. The zero-order valence-electron chi connectivity index (χ0n) is 8.50. The van der Waals surface area contributed by atoms with Crippen LogP contribution < -0.4 is 5.32 Å².